The van der Waals surface area contributed by atoms with Gasteiger partial charge in [0.2, 0.25) is 0 Å². The Morgan fingerprint density at radius 2 is 0.626 bits per heavy atom. The van der Waals surface area contributed by atoms with Crippen LogP contribution in [0, 0.1) is 0 Å². The Balaban J connectivity index is 0.622. The number of ether oxygens (including phenoxy) is 3. The van der Waals surface area contributed by atoms with Gasteiger partial charge in [-0.15, -0.1) is 69.3 Å². The van der Waals surface area contributed by atoms with Crippen LogP contribution in [0.15, 0.2) is 156 Å². The van der Waals surface area contributed by atoms with Crippen LogP contribution in [0.2, 0.25) is 0 Å². The molecular formula is C68H74N6O11S6. The van der Waals surface area contributed by atoms with E-state index in [0.29, 0.717) is 108 Å². The van der Waals surface area contributed by atoms with Gasteiger partial charge in [-0.2, -0.15) is 0 Å². The number of carbonyl (C=O) groups is 5. The van der Waals surface area contributed by atoms with Crippen molar-refractivity contribution in [2.45, 2.75) is 91.7 Å². The molecule has 9 aromatic rings. The standard InChI is InChI=1S/C68H74N6O11S6/c75-61-49-19-7-10-22-55(49)89-58-28-25-46(43-52(58)61)86-40-37-83-66(80)71-33-15-3-1-13-31-69-64(78)74(36-18-6-5-17-35-73-68(82)85-39-42-88-48-27-30-60-54(45-48)63(77)51-21-9-12-24-57(51)91-60)65(79)70-32-14-2-4-16-34-72-67(81)84-38-41-87-47-26-29-59-53(44-47)62(76)50-20-8-11-23-56(50)90-59/h7-12,19-30,43-45H,1-6,13-18,31-42H2,(H,69,78)(H,70,79)(H,71,80)(H,72,81)(H,73,82). The second-order valence-electron chi connectivity index (χ2n) is 21.3. The number of urea groups is 2. The number of unbranched alkanes of at least 4 members (excludes halogenated alkanes) is 9. The highest BCUT2D eigenvalue weighted by Gasteiger charge is 2.21. The molecule has 0 radical (unpaired) electrons. The third kappa shape index (κ3) is 20.5. The van der Waals surface area contributed by atoms with Gasteiger partial charge in [0.05, 0.1) is 0 Å². The maximum atomic E-state index is 13.5. The van der Waals surface area contributed by atoms with Crippen molar-refractivity contribution < 1.29 is 38.2 Å². The minimum Gasteiger partial charge on any atom is -0.449 e. The van der Waals surface area contributed by atoms with Gasteiger partial charge in [-0.25, -0.2) is 28.9 Å². The summed E-state index contributed by atoms with van der Waals surface area (Å²) in [5.74, 6) is 1.61. The lowest BCUT2D eigenvalue weighted by Crippen LogP contribution is -2.49. The fourth-order valence-corrected chi connectivity index (χ4v) is 15.5. The summed E-state index contributed by atoms with van der Waals surface area (Å²) in [6.07, 6.45) is 7.31. The third-order valence-corrected chi connectivity index (χ3v) is 21.1. The van der Waals surface area contributed by atoms with Gasteiger partial charge in [-0.3, -0.25) is 14.4 Å². The normalized spacial score (nSPS) is 11.3. The zero-order valence-electron chi connectivity index (χ0n) is 50.5. The van der Waals surface area contributed by atoms with Crippen LogP contribution in [0.3, 0.4) is 0 Å². The maximum absolute atomic E-state index is 13.5. The summed E-state index contributed by atoms with van der Waals surface area (Å²) in [5.41, 5.74) is 0.0469. The predicted octanol–water partition coefficient (Wildman–Crippen LogP) is 15.1. The third-order valence-electron chi connectivity index (χ3n) is 14.8. The first-order chi connectivity index (χ1) is 44.5. The number of thioether (sulfide) groups is 3. The molecule has 0 saturated heterocycles. The van der Waals surface area contributed by atoms with Gasteiger partial charge in [0.15, 0.2) is 16.3 Å². The van der Waals surface area contributed by atoms with Gasteiger partial charge in [-0.1, -0.05) is 74.9 Å². The largest absolute Gasteiger partial charge is 0.449 e. The molecule has 0 aliphatic rings. The number of nitrogens with zero attached hydrogens (tertiary/aromatic N) is 1. The van der Waals surface area contributed by atoms with Crippen molar-refractivity contribution in [2.75, 3.05) is 76.3 Å². The van der Waals surface area contributed by atoms with Crippen molar-refractivity contribution in [2.24, 2.45) is 0 Å². The predicted molar refractivity (Wildman–Crippen MR) is 376 cm³/mol. The van der Waals surface area contributed by atoms with Crippen LogP contribution in [-0.2, 0) is 14.2 Å². The molecule has 0 aliphatic carbocycles. The van der Waals surface area contributed by atoms with E-state index in [1.165, 1.54) is 40.2 Å². The number of hydrogen-bond acceptors (Lipinski definition) is 17. The van der Waals surface area contributed by atoms with Crippen LogP contribution in [0.5, 0.6) is 0 Å². The van der Waals surface area contributed by atoms with Gasteiger partial charge < -0.3 is 40.8 Å². The van der Waals surface area contributed by atoms with Crippen molar-refractivity contribution in [3.63, 3.8) is 0 Å². The highest BCUT2D eigenvalue weighted by atomic mass is 32.2. The van der Waals surface area contributed by atoms with E-state index in [1.807, 2.05) is 127 Å². The lowest BCUT2D eigenvalue weighted by molar-refractivity contribution is 0.152. The summed E-state index contributed by atoms with van der Waals surface area (Å²) in [7, 11) is 0. The molecule has 0 bridgehead atoms. The lowest BCUT2D eigenvalue weighted by atomic mass is 10.2. The van der Waals surface area contributed by atoms with Crippen LogP contribution < -0.4 is 42.9 Å². The summed E-state index contributed by atoms with van der Waals surface area (Å²) >= 11 is 9.33. The number of alkyl carbamates (subject to hydrolysis) is 3. The first-order valence-corrected chi connectivity index (χ1v) is 36.2. The van der Waals surface area contributed by atoms with E-state index in [9.17, 15) is 38.4 Å². The highest BCUT2D eigenvalue weighted by molar-refractivity contribution is 7.99. The Morgan fingerprint density at radius 3 is 0.956 bits per heavy atom. The van der Waals surface area contributed by atoms with Crippen molar-refractivity contribution >= 4 is 160 Å². The Labute approximate surface area is 552 Å². The molecule has 0 fully saturated rings. The number of amides is 7. The van der Waals surface area contributed by atoms with Gasteiger partial charge in [-0.05, 0) is 130 Å². The molecule has 5 N–H and O–H groups in total. The maximum Gasteiger partial charge on any atom is 0.407 e. The average Bonchev–Trinajstić information content (AvgIpc) is 0.957. The molecule has 6 aromatic carbocycles. The molecule has 7 amide bonds. The topological polar surface area (TPSA) is 228 Å². The number of fused-ring (bicyclic) bond motifs is 6. The molecule has 478 valence electrons. The number of rotatable bonds is 33. The summed E-state index contributed by atoms with van der Waals surface area (Å²) < 4.78 is 21.8. The summed E-state index contributed by atoms with van der Waals surface area (Å²) in [6, 6.07) is 39.4. The fraction of sp³-hybridized carbons (Fsp3) is 0.353. The molecule has 3 heterocycles. The Morgan fingerprint density at radius 1 is 0.341 bits per heavy atom. The van der Waals surface area contributed by atoms with Crippen LogP contribution in [0.1, 0.15) is 77.0 Å². The van der Waals surface area contributed by atoms with Crippen LogP contribution in [0.25, 0.3) is 60.5 Å². The Kier molecular flexibility index (Phi) is 26.9. The van der Waals surface area contributed by atoms with E-state index in [4.69, 9.17) is 14.2 Å². The molecule has 0 spiro atoms. The first-order valence-electron chi connectivity index (χ1n) is 30.8. The van der Waals surface area contributed by atoms with Crippen molar-refractivity contribution in [3.8, 4) is 0 Å². The van der Waals surface area contributed by atoms with Gasteiger partial charge in [0, 0.05) is 132 Å². The average molecular weight is 1340 g/mol. The second-order valence-corrected chi connectivity index (χ2v) is 28.1. The summed E-state index contributed by atoms with van der Waals surface area (Å²) in [4.78, 5) is 107. The van der Waals surface area contributed by atoms with Gasteiger partial charge in [0.1, 0.15) is 19.8 Å². The van der Waals surface area contributed by atoms with Crippen molar-refractivity contribution in [1.82, 2.24) is 31.5 Å². The first kappa shape index (κ1) is 68.0. The minimum absolute atomic E-state index is 0.0127. The molecule has 17 nitrogen and oxygen atoms in total. The highest BCUT2D eigenvalue weighted by Crippen LogP contribution is 2.31. The minimum atomic E-state index is -0.504. The van der Waals surface area contributed by atoms with Crippen LogP contribution in [-0.4, -0.2) is 112 Å². The zero-order chi connectivity index (χ0) is 63.6. The van der Waals surface area contributed by atoms with E-state index in [-0.39, 0.29) is 42.7 Å². The Hall–Kier alpha value is -7.41. The summed E-state index contributed by atoms with van der Waals surface area (Å²) in [5, 5.41) is 18.4. The van der Waals surface area contributed by atoms with Crippen molar-refractivity contribution in [1.29, 1.82) is 0 Å². The second kappa shape index (κ2) is 36.0. The lowest BCUT2D eigenvalue weighted by Gasteiger charge is -2.22. The van der Waals surface area contributed by atoms with Gasteiger partial charge in [0.25, 0.3) is 0 Å². The van der Waals surface area contributed by atoms with E-state index < -0.39 is 30.3 Å². The number of carbonyl (C=O) groups excluding carboxylic acids is 5. The molecule has 0 atom stereocenters. The molecule has 23 heteroatoms. The Bertz CT molecular complexity index is 3980. The van der Waals surface area contributed by atoms with Gasteiger partial charge >= 0.3 is 30.3 Å². The fourth-order valence-electron chi connectivity index (χ4n) is 10.1. The van der Waals surface area contributed by atoms with E-state index in [1.54, 1.807) is 34.0 Å². The number of hydrogen-bond donors (Lipinski definition) is 5. The molecule has 9 rings (SSSR count). The quantitative estimate of drug-likeness (QED) is 0.0112. The summed E-state index contributed by atoms with van der Waals surface area (Å²) in [6.45, 7) is 2.90. The molecule has 0 saturated carbocycles. The zero-order valence-corrected chi connectivity index (χ0v) is 55.4. The SMILES string of the molecule is O=C(NCCCCCCNC(=O)N(CCCCCCNC(=O)OCCSc1ccc2sc3ccccc3c(=O)c2c1)C(=O)NCCCCCCNC(=O)OCCSc1ccc2sc3ccccc3c(=O)c2c1)OCCSc1ccc2sc3ccccc3c(=O)c2c1. The molecule has 3 aromatic heterocycles. The molecule has 0 aliphatic heterocycles. The van der Waals surface area contributed by atoms with Crippen molar-refractivity contribution in [3.05, 3.63) is 158 Å². The molecule has 91 heavy (non-hydrogen) atoms. The van der Waals surface area contributed by atoms with Crippen LogP contribution >= 0.6 is 69.3 Å². The van der Waals surface area contributed by atoms with Crippen LogP contribution in [0.4, 0.5) is 24.0 Å². The molecule has 0 unspecified atom stereocenters. The van der Waals surface area contributed by atoms with E-state index >= 15 is 0 Å². The number of nitrogens with one attached hydrogen (secondary N) is 5. The van der Waals surface area contributed by atoms with E-state index in [0.717, 1.165) is 94.3 Å². The smallest absolute Gasteiger partial charge is 0.407 e. The number of imide groups is 1. The monoisotopic (exact) mass is 1340 g/mol. The van der Waals surface area contributed by atoms with E-state index in [2.05, 4.69) is 26.6 Å². The molecular weight excluding hydrogens is 1270 g/mol. The number of benzene rings is 6.